The number of pyridine rings is 1. The molecule has 0 spiro atoms. The Hall–Kier alpha value is -2.36. The number of hydrogen-bond acceptors (Lipinski definition) is 7. The highest BCUT2D eigenvalue weighted by atomic mass is 19.4. The lowest BCUT2D eigenvalue weighted by Crippen LogP contribution is -2.19. The third-order valence-corrected chi connectivity index (χ3v) is 3.37. The van der Waals surface area contributed by atoms with E-state index in [-0.39, 0.29) is 23.2 Å². The largest absolute Gasteiger partial charge is 0.471 e. The summed E-state index contributed by atoms with van der Waals surface area (Å²) < 4.78 is 47.0. The molecule has 0 radical (unpaired) electrons. The quantitative estimate of drug-likeness (QED) is 0.888. The van der Waals surface area contributed by atoms with Gasteiger partial charge in [-0.2, -0.15) is 18.2 Å². The van der Waals surface area contributed by atoms with Gasteiger partial charge in [0.2, 0.25) is 5.82 Å². The molecule has 0 aliphatic carbocycles. The third-order valence-electron chi connectivity index (χ3n) is 3.37. The SMILES string of the molecule is Nc1cc(-c2noc(C(F)(F)F)n2)cnc1NC[C@@H]1CCCO1. The molecule has 1 aliphatic rings. The smallest absolute Gasteiger partial charge is 0.396 e. The predicted molar refractivity (Wildman–Crippen MR) is 74.4 cm³/mol. The number of nitrogens with one attached hydrogen (secondary N) is 1. The number of anilines is 2. The second-order valence-corrected chi connectivity index (χ2v) is 5.10. The van der Waals surface area contributed by atoms with E-state index in [9.17, 15) is 13.2 Å². The average molecular weight is 329 g/mol. The molecule has 7 nitrogen and oxygen atoms in total. The van der Waals surface area contributed by atoms with Crippen molar-refractivity contribution < 1.29 is 22.4 Å². The number of ether oxygens (including phenoxy) is 1. The van der Waals surface area contributed by atoms with E-state index >= 15 is 0 Å². The average Bonchev–Trinajstić information content (AvgIpc) is 3.17. The number of halogens is 3. The number of alkyl halides is 3. The molecule has 1 aliphatic heterocycles. The maximum atomic E-state index is 12.5. The first-order chi connectivity index (χ1) is 10.9. The summed E-state index contributed by atoms with van der Waals surface area (Å²) in [6, 6.07) is 1.44. The normalized spacial score (nSPS) is 18.3. The van der Waals surface area contributed by atoms with E-state index in [4.69, 9.17) is 10.5 Å². The van der Waals surface area contributed by atoms with Crippen molar-refractivity contribution in [2.24, 2.45) is 0 Å². The maximum Gasteiger partial charge on any atom is 0.471 e. The molecule has 1 saturated heterocycles. The zero-order valence-corrected chi connectivity index (χ0v) is 11.9. The van der Waals surface area contributed by atoms with Gasteiger partial charge in [-0.3, -0.25) is 0 Å². The zero-order chi connectivity index (χ0) is 16.4. The predicted octanol–water partition coefficient (Wildman–Crippen LogP) is 2.32. The lowest BCUT2D eigenvalue weighted by Gasteiger charge is -2.12. The zero-order valence-electron chi connectivity index (χ0n) is 11.9. The first-order valence-corrected chi connectivity index (χ1v) is 6.96. The molecule has 0 bridgehead atoms. The fourth-order valence-corrected chi connectivity index (χ4v) is 2.22. The molecule has 10 heteroatoms. The van der Waals surface area contributed by atoms with Gasteiger partial charge in [-0.05, 0) is 18.9 Å². The van der Waals surface area contributed by atoms with Crippen molar-refractivity contribution in [1.82, 2.24) is 15.1 Å². The lowest BCUT2D eigenvalue weighted by atomic mass is 10.2. The summed E-state index contributed by atoms with van der Waals surface area (Å²) in [5, 5.41) is 6.35. The Morgan fingerprint density at radius 2 is 2.22 bits per heavy atom. The Bertz CT molecular complexity index is 682. The van der Waals surface area contributed by atoms with Crippen LogP contribution in [0.2, 0.25) is 0 Å². The van der Waals surface area contributed by atoms with Crippen LogP contribution in [-0.2, 0) is 10.9 Å². The van der Waals surface area contributed by atoms with Crippen molar-refractivity contribution in [3.05, 3.63) is 18.2 Å². The number of rotatable bonds is 4. The summed E-state index contributed by atoms with van der Waals surface area (Å²) in [5.41, 5.74) is 6.38. The summed E-state index contributed by atoms with van der Waals surface area (Å²) in [6.07, 6.45) is -1.25. The molecule has 2 aromatic heterocycles. The van der Waals surface area contributed by atoms with Crippen molar-refractivity contribution in [2.45, 2.75) is 25.1 Å². The summed E-state index contributed by atoms with van der Waals surface area (Å²) in [4.78, 5) is 7.39. The van der Waals surface area contributed by atoms with Crippen LogP contribution in [0.4, 0.5) is 24.7 Å². The maximum absolute atomic E-state index is 12.5. The molecule has 23 heavy (non-hydrogen) atoms. The van der Waals surface area contributed by atoms with Crippen LogP contribution in [0.15, 0.2) is 16.8 Å². The van der Waals surface area contributed by atoms with E-state index in [0.717, 1.165) is 19.4 Å². The third kappa shape index (κ3) is 3.52. The van der Waals surface area contributed by atoms with Crippen molar-refractivity contribution in [3.63, 3.8) is 0 Å². The van der Waals surface area contributed by atoms with Crippen LogP contribution in [0, 0.1) is 0 Å². The molecule has 124 valence electrons. The number of hydrogen-bond donors (Lipinski definition) is 2. The van der Waals surface area contributed by atoms with Crippen molar-refractivity contribution in [1.29, 1.82) is 0 Å². The molecule has 0 saturated carbocycles. The Morgan fingerprint density at radius 1 is 1.39 bits per heavy atom. The van der Waals surface area contributed by atoms with Crippen LogP contribution in [0.1, 0.15) is 18.7 Å². The monoisotopic (exact) mass is 329 g/mol. The van der Waals surface area contributed by atoms with Crippen molar-refractivity contribution >= 4 is 11.5 Å². The highest BCUT2D eigenvalue weighted by Crippen LogP contribution is 2.30. The number of nitrogens with two attached hydrogens (primary N) is 1. The number of nitrogen functional groups attached to an aromatic ring is 1. The summed E-state index contributed by atoms with van der Waals surface area (Å²) in [5.74, 6) is -1.20. The van der Waals surface area contributed by atoms with Crippen LogP contribution in [0.5, 0.6) is 0 Å². The standard InChI is InChI=1S/C13H14F3N5O2/c14-13(15,16)12-20-10(21-23-12)7-4-9(17)11(18-5-7)19-6-8-2-1-3-22-8/h4-5,8H,1-3,6,17H2,(H,18,19)/t8-/m0/s1. The molecule has 1 atom stereocenters. The van der Waals surface area contributed by atoms with Gasteiger partial charge in [0.05, 0.1) is 11.8 Å². The summed E-state index contributed by atoms with van der Waals surface area (Å²) in [6.45, 7) is 1.31. The second kappa shape index (κ2) is 6.03. The second-order valence-electron chi connectivity index (χ2n) is 5.10. The molecule has 3 heterocycles. The topological polar surface area (TPSA) is 99.1 Å². The number of nitrogens with zero attached hydrogens (tertiary/aromatic N) is 3. The molecule has 3 rings (SSSR count). The van der Waals surface area contributed by atoms with E-state index in [1.54, 1.807) is 0 Å². The van der Waals surface area contributed by atoms with Gasteiger partial charge in [0, 0.05) is 24.9 Å². The minimum atomic E-state index is -4.69. The van der Waals surface area contributed by atoms with Crippen molar-refractivity contribution in [3.8, 4) is 11.4 Å². The summed E-state index contributed by atoms with van der Waals surface area (Å²) >= 11 is 0. The minimum Gasteiger partial charge on any atom is -0.396 e. The Kier molecular flexibility index (Phi) is 4.07. The summed E-state index contributed by atoms with van der Waals surface area (Å²) in [7, 11) is 0. The molecule has 2 aromatic rings. The van der Waals surface area contributed by atoms with Gasteiger partial charge in [-0.25, -0.2) is 4.98 Å². The molecule has 0 amide bonds. The van der Waals surface area contributed by atoms with Gasteiger partial charge < -0.3 is 20.3 Å². The van der Waals surface area contributed by atoms with Gasteiger partial charge in [0.15, 0.2) is 0 Å². The van der Waals surface area contributed by atoms with Crippen LogP contribution < -0.4 is 11.1 Å². The fourth-order valence-electron chi connectivity index (χ4n) is 2.22. The van der Waals surface area contributed by atoms with Gasteiger partial charge in [0.1, 0.15) is 5.82 Å². The van der Waals surface area contributed by atoms with Gasteiger partial charge in [-0.15, -0.1) is 0 Å². The fraction of sp³-hybridized carbons (Fsp3) is 0.462. The van der Waals surface area contributed by atoms with Crippen LogP contribution >= 0.6 is 0 Å². The van der Waals surface area contributed by atoms with Crippen LogP contribution in [0.25, 0.3) is 11.4 Å². The van der Waals surface area contributed by atoms with Crippen LogP contribution in [0.3, 0.4) is 0 Å². The van der Waals surface area contributed by atoms with E-state index in [1.165, 1.54) is 12.3 Å². The Balaban J connectivity index is 1.72. The van der Waals surface area contributed by atoms with E-state index < -0.39 is 12.1 Å². The van der Waals surface area contributed by atoms with E-state index in [0.29, 0.717) is 12.4 Å². The Morgan fingerprint density at radius 3 is 2.83 bits per heavy atom. The van der Waals surface area contributed by atoms with Crippen molar-refractivity contribution in [2.75, 3.05) is 24.2 Å². The number of aromatic nitrogens is 3. The van der Waals surface area contributed by atoms with Gasteiger partial charge in [-0.1, -0.05) is 5.16 Å². The highest BCUT2D eigenvalue weighted by Gasteiger charge is 2.38. The lowest BCUT2D eigenvalue weighted by molar-refractivity contribution is -0.159. The van der Waals surface area contributed by atoms with Crippen LogP contribution in [-0.4, -0.2) is 34.4 Å². The molecule has 0 unspecified atom stereocenters. The minimum absolute atomic E-state index is 0.113. The molecule has 1 fully saturated rings. The van der Waals surface area contributed by atoms with E-state index in [2.05, 4.69) is 25.0 Å². The highest BCUT2D eigenvalue weighted by molar-refractivity contribution is 5.69. The van der Waals surface area contributed by atoms with Gasteiger partial charge in [0.25, 0.3) is 0 Å². The first-order valence-electron chi connectivity index (χ1n) is 6.96. The molecule has 0 aromatic carbocycles. The first kappa shape index (κ1) is 15.5. The molecule has 3 N–H and O–H groups in total. The molecular weight excluding hydrogens is 315 g/mol. The Labute approximate surface area is 129 Å². The molecular formula is C13H14F3N5O2. The van der Waals surface area contributed by atoms with E-state index in [1.807, 2.05) is 0 Å². The van der Waals surface area contributed by atoms with Gasteiger partial charge >= 0.3 is 12.1 Å².